The molecule has 1 saturated carbocycles. The Morgan fingerprint density at radius 3 is 2.64 bits per heavy atom. The SMILES string of the molecule is CNC(=O)c1cc(Oc2cccc(NC(=O)C3CCCC3)c2)ccn1. The molecule has 130 valence electrons. The van der Waals surface area contributed by atoms with Crippen LogP contribution in [0.1, 0.15) is 36.2 Å². The molecule has 0 radical (unpaired) electrons. The Hall–Kier alpha value is -2.89. The predicted molar refractivity (Wildman–Crippen MR) is 94.7 cm³/mol. The summed E-state index contributed by atoms with van der Waals surface area (Å²) in [6.45, 7) is 0. The Labute approximate surface area is 146 Å². The normalized spacial score (nSPS) is 14.1. The van der Waals surface area contributed by atoms with E-state index in [2.05, 4.69) is 15.6 Å². The lowest BCUT2D eigenvalue weighted by Gasteiger charge is -2.12. The summed E-state index contributed by atoms with van der Waals surface area (Å²) in [6.07, 6.45) is 5.68. The predicted octanol–water partition coefficient (Wildman–Crippen LogP) is 3.36. The second-order valence-electron chi connectivity index (χ2n) is 6.06. The molecule has 0 bridgehead atoms. The summed E-state index contributed by atoms with van der Waals surface area (Å²) in [6, 6.07) is 10.5. The summed E-state index contributed by atoms with van der Waals surface area (Å²) < 4.78 is 5.79. The maximum Gasteiger partial charge on any atom is 0.269 e. The molecule has 1 fully saturated rings. The minimum absolute atomic E-state index is 0.0699. The summed E-state index contributed by atoms with van der Waals surface area (Å²) in [4.78, 5) is 27.9. The molecule has 25 heavy (non-hydrogen) atoms. The standard InChI is InChI=1S/C19H21N3O3/c1-20-19(24)17-12-16(9-10-21-17)25-15-8-4-7-14(11-15)22-18(23)13-5-2-3-6-13/h4,7-13H,2-3,5-6H2,1H3,(H,20,24)(H,22,23). The second-order valence-corrected chi connectivity index (χ2v) is 6.06. The first-order valence-corrected chi connectivity index (χ1v) is 8.42. The highest BCUT2D eigenvalue weighted by atomic mass is 16.5. The molecule has 6 nitrogen and oxygen atoms in total. The number of carbonyl (C=O) groups excluding carboxylic acids is 2. The number of hydrogen-bond acceptors (Lipinski definition) is 4. The van der Waals surface area contributed by atoms with Gasteiger partial charge in [-0.05, 0) is 31.0 Å². The smallest absolute Gasteiger partial charge is 0.269 e. The molecule has 1 aromatic heterocycles. The van der Waals surface area contributed by atoms with Crippen LogP contribution in [0.5, 0.6) is 11.5 Å². The van der Waals surface area contributed by atoms with Gasteiger partial charge in [0.15, 0.2) is 0 Å². The topological polar surface area (TPSA) is 80.3 Å². The summed E-state index contributed by atoms with van der Waals surface area (Å²) in [5, 5.41) is 5.48. The van der Waals surface area contributed by atoms with E-state index in [1.165, 1.54) is 6.20 Å². The van der Waals surface area contributed by atoms with Crippen LogP contribution in [0.2, 0.25) is 0 Å². The van der Waals surface area contributed by atoms with Gasteiger partial charge in [0.1, 0.15) is 17.2 Å². The molecule has 2 amide bonds. The number of benzene rings is 1. The van der Waals surface area contributed by atoms with E-state index in [-0.39, 0.29) is 23.4 Å². The molecule has 3 rings (SSSR count). The number of nitrogens with one attached hydrogen (secondary N) is 2. The van der Waals surface area contributed by atoms with Crippen LogP contribution in [0, 0.1) is 5.92 Å². The van der Waals surface area contributed by atoms with Gasteiger partial charge in [0.05, 0.1) is 0 Å². The van der Waals surface area contributed by atoms with Gasteiger partial charge in [-0.3, -0.25) is 14.6 Å². The van der Waals surface area contributed by atoms with Gasteiger partial charge in [0.2, 0.25) is 5.91 Å². The van der Waals surface area contributed by atoms with Crippen LogP contribution < -0.4 is 15.4 Å². The number of anilines is 1. The summed E-state index contributed by atoms with van der Waals surface area (Å²) in [5.74, 6) is 0.995. The number of rotatable bonds is 5. The van der Waals surface area contributed by atoms with Gasteiger partial charge in [0, 0.05) is 37.0 Å². The van der Waals surface area contributed by atoms with Crippen molar-refractivity contribution in [2.24, 2.45) is 5.92 Å². The highest BCUT2D eigenvalue weighted by Crippen LogP contribution is 2.28. The number of pyridine rings is 1. The third-order valence-electron chi connectivity index (χ3n) is 4.25. The maximum absolute atomic E-state index is 12.2. The van der Waals surface area contributed by atoms with Crippen molar-refractivity contribution in [2.45, 2.75) is 25.7 Å². The zero-order chi connectivity index (χ0) is 17.6. The number of ether oxygens (including phenoxy) is 1. The minimum atomic E-state index is -0.275. The minimum Gasteiger partial charge on any atom is -0.457 e. The Morgan fingerprint density at radius 1 is 1.12 bits per heavy atom. The second kappa shape index (κ2) is 7.79. The molecule has 0 unspecified atom stereocenters. The van der Waals surface area contributed by atoms with Gasteiger partial charge >= 0.3 is 0 Å². The molecule has 0 spiro atoms. The van der Waals surface area contributed by atoms with Crippen LogP contribution in [0.3, 0.4) is 0 Å². The van der Waals surface area contributed by atoms with E-state index in [1.807, 2.05) is 12.1 Å². The summed E-state index contributed by atoms with van der Waals surface area (Å²) in [7, 11) is 1.55. The molecular weight excluding hydrogens is 318 g/mol. The lowest BCUT2D eigenvalue weighted by molar-refractivity contribution is -0.119. The zero-order valence-electron chi connectivity index (χ0n) is 14.1. The number of hydrogen-bond donors (Lipinski definition) is 2. The van der Waals surface area contributed by atoms with Crippen LogP contribution in [0.4, 0.5) is 5.69 Å². The average Bonchev–Trinajstić information content (AvgIpc) is 3.16. The Bertz CT molecular complexity index is 770. The molecule has 0 atom stereocenters. The van der Waals surface area contributed by atoms with Crippen LogP contribution in [0.25, 0.3) is 0 Å². The maximum atomic E-state index is 12.2. The molecule has 1 heterocycles. The van der Waals surface area contributed by atoms with Crippen molar-refractivity contribution in [3.63, 3.8) is 0 Å². The monoisotopic (exact) mass is 339 g/mol. The van der Waals surface area contributed by atoms with E-state index >= 15 is 0 Å². The first-order valence-electron chi connectivity index (χ1n) is 8.42. The Balaban J connectivity index is 1.69. The van der Waals surface area contributed by atoms with Gasteiger partial charge in [-0.15, -0.1) is 0 Å². The van der Waals surface area contributed by atoms with Crippen LogP contribution >= 0.6 is 0 Å². The zero-order valence-corrected chi connectivity index (χ0v) is 14.1. The van der Waals surface area contributed by atoms with E-state index in [4.69, 9.17) is 4.74 Å². The van der Waals surface area contributed by atoms with Crippen molar-refractivity contribution in [3.8, 4) is 11.5 Å². The summed E-state index contributed by atoms with van der Waals surface area (Å²) >= 11 is 0. The molecule has 1 aromatic carbocycles. The van der Waals surface area contributed by atoms with Crippen molar-refractivity contribution in [2.75, 3.05) is 12.4 Å². The number of amides is 2. The Morgan fingerprint density at radius 2 is 1.88 bits per heavy atom. The van der Waals surface area contributed by atoms with Crippen molar-refractivity contribution in [3.05, 3.63) is 48.3 Å². The van der Waals surface area contributed by atoms with E-state index in [1.54, 1.807) is 31.3 Å². The lowest BCUT2D eigenvalue weighted by atomic mass is 10.1. The van der Waals surface area contributed by atoms with Crippen molar-refractivity contribution in [1.82, 2.24) is 10.3 Å². The number of carbonyl (C=O) groups is 2. The molecule has 2 aromatic rings. The molecule has 6 heteroatoms. The van der Waals surface area contributed by atoms with Gasteiger partial charge in [0.25, 0.3) is 5.91 Å². The molecule has 2 N–H and O–H groups in total. The average molecular weight is 339 g/mol. The van der Waals surface area contributed by atoms with Gasteiger partial charge in [-0.25, -0.2) is 0 Å². The molecule has 1 aliphatic carbocycles. The van der Waals surface area contributed by atoms with Gasteiger partial charge < -0.3 is 15.4 Å². The van der Waals surface area contributed by atoms with Gasteiger partial charge in [-0.2, -0.15) is 0 Å². The summed E-state index contributed by atoms with van der Waals surface area (Å²) in [5.41, 5.74) is 0.987. The largest absolute Gasteiger partial charge is 0.457 e. The quantitative estimate of drug-likeness (QED) is 0.875. The first kappa shape index (κ1) is 17.0. The fourth-order valence-electron chi connectivity index (χ4n) is 2.93. The van der Waals surface area contributed by atoms with E-state index < -0.39 is 0 Å². The van der Waals surface area contributed by atoms with E-state index in [9.17, 15) is 9.59 Å². The van der Waals surface area contributed by atoms with Crippen molar-refractivity contribution >= 4 is 17.5 Å². The number of nitrogens with zero attached hydrogens (tertiary/aromatic N) is 1. The first-order chi connectivity index (χ1) is 12.2. The van der Waals surface area contributed by atoms with Crippen molar-refractivity contribution < 1.29 is 14.3 Å². The molecule has 0 aliphatic heterocycles. The molecule has 0 saturated heterocycles. The fourth-order valence-corrected chi connectivity index (χ4v) is 2.93. The number of aromatic nitrogens is 1. The lowest BCUT2D eigenvalue weighted by Crippen LogP contribution is -2.20. The fraction of sp³-hybridized carbons (Fsp3) is 0.316. The third-order valence-corrected chi connectivity index (χ3v) is 4.25. The highest BCUT2D eigenvalue weighted by Gasteiger charge is 2.22. The molecule has 1 aliphatic rings. The van der Waals surface area contributed by atoms with E-state index in [0.717, 1.165) is 25.7 Å². The highest BCUT2D eigenvalue weighted by molar-refractivity contribution is 5.93. The van der Waals surface area contributed by atoms with Crippen LogP contribution in [-0.4, -0.2) is 23.8 Å². The van der Waals surface area contributed by atoms with Crippen LogP contribution in [0.15, 0.2) is 42.6 Å². The molecular formula is C19H21N3O3. The third kappa shape index (κ3) is 4.35. The van der Waals surface area contributed by atoms with E-state index in [0.29, 0.717) is 17.2 Å². The van der Waals surface area contributed by atoms with Gasteiger partial charge in [-0.1, -0.05) is 18.9 Å². The van der Waals surface area contributed by atoms with Crippen molar-refractivity contribution in [1.29, 1.82) is 0 Å². The van der Waals surface area contributed by atoms with Crippen LogP contribution in [-0.2, 0) is 4.79 Å². The Kier molecular flexibility index (Phi) is 5.28.